The molecule has 4 rings (SSSR count). The Balaban J connectivity index is 1.64. The largest absolute Gasteiger partial charge is 0.192 e. The van der Waals surface area contributed by atoms with Gasteiger partial charge in [-0.05, 0) is 24.6 Å². The Bertz CT molecular complexity index is 962. The minimum Gasteiger partial charge on any atom is -0.192 e. The van der Waals surface area contributed by atoms with E-state index in [1.54, 1.807) is 11.8 Å². The Morgan fingerprint density at radius 1 is 0.875 bits per heavy atom. The van der Waals surface area contributed by atoms with E-state index in [4.69, 9.17) is 5.10 Å². The summed E-state index contributed by atoms with van der Waals surface area (Å²) >= 11 is 1.71. The fraction of sp³-hybridized carbons (Fsp3) is 0.105. The zero-order valence-electron chi connectivity index (χ0n) is 13.3. The van der Waals surface area contributed by atoms with Crippen molar-refractivity contribution in [3.05, 3.63) is 77.9 Å². The molecule has 24 heavy (non-hydrogen) atoms. The molecule has 0 aliphatic heterocycles. The van der Waals surface area contributed by atoms with Gasteiger partial charge in [-0.15, -0.1) is 10.2 Å². The Hall–Kier alpha value is -2.66. The molecule has 0 saturated carbocycles. The molecule has 2 heterocycles. The predicted molar refractivity (Wildman–Crippen MR) is 97.0 cm³/mol. The van der Waals surface area contributed by atoms with Gasteiger partial charge in [-0.25, -0.2) is 0 Å². The summed E-state index contributed by atoms with van der Waals surface area (Å²) in [6.07, 6.45) is 0. The zero-order chi connectivity index (χ0) is 16.4. The summed E-state index contributed by atoms with van der Waals surface area (Å²) in [5.74, 6) is 1.66. The van der Waals surface area contributed by atoms with E-state index >= 15 is 0 Å². The molecule has 4 aromatic rings. The van der Waals surface area contributed by atoms with Crippen LogP contribution in [0, 0.1) is 6.92 Å². The number of aromatic nitrogens is 4. The average Bonchev–Trinajstić information content (AvgIpc) is 3.05. The molecule has 0 N–H and O–H groups in total. The molecule has 0 radical (unpaired) electrons. The van der Waals surface area contributed by atoms with Crippen molar-refractivity contribution in [2.45, 2.75) is 17.7 Å². The highest BCUT2D eigenvalue weighted by molar-refractivity contribution is 7.98. The first-order valence-electron chi connectivity index (χ1n) is 7.76. The lowest BCUT2D eigenvalue weighted by molar-refractivity contribution is 0.860. The first-order chi connectivity index (χ1) is 11.8. The van der Waals surface area contributed by atoms with Crippen LogP contribution in [0.4, 0.5) is 0 Å². The number of nitrogens with zero attached hydrogens (tertiary/aromatic N) is 4. The Labute approximate surface area is 144 Å². The van der Waals surface area contributed by atoms with Crippen LogP contribution >= 0.6 is 11.8 Å². The van der Waals surface area contributed by atoms with E-state index < -0.39 is 0 Å². The van der Waals surface area contributed by atoms with E-state index in [-0.39, 0.29) is 0 Å². The molecule has 0 bridgehead atoms. The smallest absolute Gasteiger partial charge is 0.185 e. The minimum absolute atomic E-state index is 0.759. The molecular formula is C19H16N4S. The highest BCUT2D eigenvalue weighted by Gasteiger charge is 2.10. The topological polar surface area (TPSA) is 43.1 Å². The standard InChI is InChI=1S/C19H16N4S/c1-14-7-9-16(10-8-14)19-21-20-17-11-12-18(22-23(17)19)24-13-15-5-3-2-4-6-15/h2-12H,13H2,1H3. The molecule has 5 heteroatoms. The number of hydrogen-bond donors (Lipinski definition) is 0. The first-order valence-corrected chi connectivity index (χ1v) is 8.74. The van der Waals surface area contributed by atoms with Crippen molar-refractivity contribution < 1.29 is 0 Å². The van der Waals surface area contributed by atoms with Crippen LogP contribution in [0.1, 0.15) is 11.1 Å². The molecule has 0 saturated heterocycles. The lowest BCUT2D eigenvalue weighted by Gasteiger charge is -2.04. The van der Waals surface area contributed by atoms with Crippen molar-refractivity contribution in [3.8, 4) is 11.4 Å². The molecule has 0 atom stereocenters. The molecule has 0 unspecified atom stereocenters. The molecule has 0 amide bonds. The van der Waals surface area contributed by atoms with Gasteiger partial charge in [0.1, 0.15) is 5.03 Å². The molecule has 0 aliphatic carbocycles. The van der Waals surface area contributed by atoms with Gasteiger partial charge in [0.05, 0.1) is 0 Å². The highest BCUT2D eigenvalue weighted by Crippen LogP contribution is 2.23. The van der Waals surface area contributed by atoms with E-state index in [1.165, 1.54) is 11.1 Å². The summed E-state index contributed by atoms with van der Waals surface area (Å²) in [6, 6.07) is 22.6. The van der Waals surface area contributed by atoms with Crippen LogP contribution in [-0.4, -0.2) is 19.8 Å². The summed E-state index contributed by atoms with van der Waals surface area (Å²) in [5, 5.41) is 14.2. The van der Waals surface area contributed by atoms with Crippen molar-refractivity contribution in [1.82, 2.24) is 19.8 Å². The molecular weight excluding hydrogens is 316 g/mol. The highest BCUT2D eigenvalue weighted by atomic mass is 32.2. The monoisotopic (exact) mass is 332 g/mol. The molecule has 0 spiro atoms. The summed E-state index contributed by atoms with van der Waals surface area (Å²) < 4.78 is 1.82. The normalized spacial score (nSPS) is 11.0. The quantitative estimate of drug-likeness (QED) is 0.520. The number of fused-ring (bicyclic) bond motifs is 1. The first kappa shape index (κ1) is 14.9. The van der Waals surface area contributed by atoms with Gasteiger partial charge < -0.3 is 0 Å². The maximum atomic E-state index is 4.70. The van der Waals surface area contributed by atoms with Crippen molar-refractivity contribution >= 4 is 17.4 Å². The summed E-state index contributed by atoms with van der Waals surface area (Å²) in [4.78, 5) is 0. The van der Waals surface area contributed by atoms with Crippen molar-refractivity contribution in [3.63, 3.8) is 0 Å². The SMILES string of the molecule is Cc1ccc(-c2nnc3ccc(SCc4ccccc4)nn23)cc1. The van der Waals surface area contributed by atoms with E-state index in [0.29, 0.717) is 0 Å². The van der Waals surface area contributed by atoms with Crippen LogP contribution in [-0.2, 0) is 5.75 Å². The number of hydrogen-bond acceptors (Lipinski definition) is 4. The zero-order valence-corrected chi connectivity index (χ0v) is 14.1. The van der Waals surface area contributed by atoms with Gasteiger partial charge in [0, 0.05) is 11.3 Å². The lowest BCUT2D eigenvalue weighted by atomic mass is 10.1. The van der Waals surface area contributed by atoms with Crippen molar-refractivity contribution in [1.29, 1.82) is 0 Å². The molecule has 4 nitrogen and oxygen atoms in total. The van der Waals surface area contributed by atoms with Gasteiger partial charge in [-0.2, -0.15) is 9.61 Å². The number of thioether (sulfide) groups is 1. The number of rotatable bonds is 4. The van der Waals surface area contributed by atoms with Crippen molar-refractivity contribution in [2.24, 2.45) is 0 Å². The summed E-state index contributed by atoms with van der Waals surface area (Å²) in [6.45, 7) is 2.07. The molecule has 2 aromatic carbocycles. The Morgan fingerprint density at radius 3 is 2.46 bits per heavy atom. The van der Waals surface area contributed by atoms with Gasteiger partial charge in [0.25, 0.3) is 0 Å². The van der Waals surface area contributed by atoms with E-state index in [0.717, 1.165) is 27.8 Å². The van der Waals surface area contributed by atoms with Gasteiger partial charge in [0.2, 0.25) is 0 Å². The average molecular weight is 332 g/mol. The fourth-order valence-corrected chi connectivity index (χ4v) is 3.27. The van der Waals surface area contributed by atoms with E-state index in [9.17, 15) is 0 Å². The second kappa shape index (κ2) is 6.45. The van der Waals surface area contributed by atoms with Crippen LogP contribution in [0.2, 0.25) is 0 Å². The number of benzene rings is 2. The van der Waals surface area contributed by atoms with Crippen LogP contribution in [0.5, 0.6) is 0 Å². The summed E-state index contributed by atoms with van der Waals surface area (Å²) in [5.41, 5.74) is 4.28. The third-order valence-corrected chi connectivity index (χ3v) is 4.77. The number of aryl methyl sites for hydroxylation is 1. The third-order valence-electron chi connectivity index (χ3n) is 3.78. The van der Waals surface area contributed by atoms with Gasteiger partial charge in [-0.1, -0.05) is 71.9 Å². The Morgan fingerprint density at radius 2 is 1.67 bits per heavy atom. The molecule has 2 aromatic heterocycles. The third kappa shape index (κ3) is 3.03. The van der Waals surface area contributed by atoms with E-state index in [2.05, 4.69) is 65.7 Å². The Kier molecular flexibility index (Phi) is 4.01. The maximum Gasteiger partial charge on any atom is 0.185 e. The van der Waals surface area contributed by atoms with Gasteiger partial charge in [0.15, 0.2) is 11.5 Å². The fourth-order valence-electron chi connectivity index (χ4n) is 2.46. The second-order valence-electron chi connectivity index (χ2n) is 5.61. The van der Waals surface area contributed by atoms with Crippen LogP contribution in [0.15, 0.2) is 71.8 Å². The maximum absolute atomic E-state index is 4.70. The lowest BCUT2D eigenvalue weighted by Crippen LogP contribution is -1.96. The molecule has 0 fully saturated rings. The van der Waals surface area contributed by atoms with Gasteiger partial charge >= 0.3 is 0 Å². The van der Waals surface area contributed by atoms with E-state index in [1.807, 2.05) is 22.7 Å². The molecule has 0 aliphatic rings. The van der Waals surface area contributed by atoms with Gasteiger partial charge in [-0.3, -0.25) is 0 Å². The van der Waals surface area contributed by atoms with Crippen LogP contribution in [0.3, 0.4) is 0 Å². The second-order valence-corrected chi connectivity index (χ2v) is 6.60. The molecule has 118 valence electrons. The summed E-state index contributed by atoms with van der Waals surface area (Å²) in [7, 11) is 0. The minimum atomic E-state index is 0.759. The van der Waals surface area contributed by atoms with Crippen LogP contribution < -0.4 is 0 Å². The van der Waals surface area contributed by atoms with Crippen LogP contribution in [0.25, 0.3) is 17.0 Å². The van der Waals surface area contributed by atoms with Crippen molar-refractivity contribution in [2.75, 3.05) is 0 Å². The predicted octanol–water partition coefficient (Wildman–Crippen LogP) is 4.39.